The molecular formula is C21H30N6O2S. The Morgan fingerprint density at radius 1 is 1.30 bits per heavy atom. The van der Waals surface area contributed by atoms with Gasteiger partial charge in [0, 0.05) is 13.1 Å². The van der Waals surface area contributed by atoms with Gasteiger partial charge in [-0.1, -0.05) is 32.9 Å². The first-order valence-corrected chi connectivity index (χ1v) is 10.8. The van der Waals surface area contributed by atoms with Gasteiger partial charge in [0.1, 0.15) is 0 Å². The van der Waals surface area contributed by atoms with Crippen LogP contribution in [0, 0.1) is 10.7 Å². The molecular weight excluding hydrogens is 400 g/mol. The quantitative estimate of drug-likeness (QED) is 0.528. The Morgan fingerprint density at radius 2 is 2.03 bits per heavy atom. The van der Waals surface area contributed by atoms with E-state index in [1.165, 1.54) is 0 Å². The number of carbonyl (C=O) groups excluding carboxylic acids is 1. The number of fused-ring (bicyclic) bond motifs is 3. The SMILES string of the molecule is CCCNC(=O)CN(C)Cn1nc2n(CCC(C)C)c(=O)c3ccccc3n2c1=S. The van der Waals surface area contributed by atoms with Gasteiger partial charge in [0.05, 0.1) is 24.1 Å². The van der Waals surface area contributed by atoms with Gasteiger partial charge < -0.3 is 5.32 Å². The molecule has 30 heavy (non-hydrogen) atoms. The summed E-state index contributed by atoms with van der Waals surface area (Å²) in [5, 5.41) is 8.17. The molecule has 0 aliphatic heterocycles. The summed E-state index contributed by atoms with van der Waals surface area (Å²) in [5.74, 6) is 0.961. The van der Waals surface area contributed by atoms with Crippen molar-refractivity contribution >= 4 is 34.8 Å². The molecule has 0 bridgehead atoms. The number of carbonyl (C=O) groups is 1. The van der Waals surface area contributed by atoms with Crippen LogP contribution in [0.25, 0.3) is 16.7 Å². The van der Waals surface area contributed by atoms with Gasteiger partial charge in [-0.15, -0.1) is 5.10 Å². The molecule has 1 N–H and O–H groups in total. The summed E-state index contributed by atoms with van der Waals surface area (Å²) >= 11 is 5.72. The predicted molar refractivity (Wildman–Crippen MR) is 121 cm³/mol. The van der Waals surface area contributed by atoms with Gasteiger partial charge in [-0.05, 0) is 50.2 Å². The minimum absolute atomic E-state index is 0.0334. The molecule has 3 aromatic rings. The summed E-state index contributed by atoms with van der Waals surface area (Å²) in [6.45, 7) is 8.12. The second kappa shape index (κ2) is 9.53. The zero-order chi connectivity index (χ0) is 21.8. The summed E-state index contributed by atoms with van der Waals surface area (Å²) in [5.41, 5.74) is 0.691. The second-order valence-electron chi connectivity index (χ2n) is 8.08. The number of hydrogen-bond donors (Lipinski definition) is 1. The lowest BCUT2D eigenvalue weighted by Crippen LogP contribution is -2.36. The van der Waals surface area contributed by atoms with Crippen molar-refractivity contribution in [2.75, 3.05) is 20.1 Å². The number of nitrogens with one attached hydrogen (secondary N) is 1. The number of aryl methyl sites for hydroxylation is 1. The molecule has 1 aromatic carbocycles. The smallest absolute Gasteiger partial charge is 0.262 e. The van der Waals surface area contributed by atoms with Crippen LogP contribution in [0.15, 0.2) is 29.1 Å². The summed E-state index contributed by atoms with van der Waals surface area (Å²) in [7, 11) is 1.85. The van der Waals surface area contributed by atoms with Crippen LogP contribution in [-0.2, 0) is 18.0 Å². The maximum Gasteiger partial charge on any atom is 0.262 e. The molecule has 0 fully saturated rings. The lowest BCUT2D eigenvalue weighted by Gasteiger charge is -2.15. The molecule has 2 heterocycles. The largest absolute Gasteiger partial charge is 0.355 e. The Labute approximate surface area is 181 Å². The van der Waals surface area contributed by atoms with Crippen molar-refractivity contribution in [1.29, 1.82) is 0 Å². The average Bonchev–Trinajstić information content (AvgIpc) is 3.02. The van der Waals surface area contributed by atoms with Gasteiger partial charge in [0.15, 0.2) is 0 Å². The topological polar surface area (TPSA) is 76.6 Å². The van der Waals surface area contributed by atoms with Gasteiger partial charge in [0.25, 0.3) is 5.56 Å². The molecule has 162 valence electrons. The normalized spacial score (nSPS) is 11.8. The van der Waals surface area contributed by atoms with E-state index in [4.69, 9.17) is 12.2 Å². The number of rotatable bonds is 9. The van der Waals surface area contributed by atoms with Crippen molar-refractivity contribution in [2.24, 2.45) is 5.92 Å². The highest BCUT2D eigenvalue weighted by atomic mass is 32.1. The Balaban J connectivity index is 2.04. The van der Waals surface area contributed by atoms with Crippen LogP contribution in [0.4, 0.5) is 0 Å². The molecule has 0 unspecified atom stereocenters. The monoisotopic (exact) mass is 430 g/mol. The van der Waals surface area contributed by atoms with E-state index in [1.54, 1.807) is 9.25 Å². The first-order valence-electron chi connectivity index (χ1n) is 10.4. The van der Waals surface area contributed by atoms with Gasteiger partial charge in [0.2, 0.25) is 16.5 Å². The van der Waals surface area contributed by atoms with Gasteiger partial charge >= 0.3 is 0 Å². The number of hydrogen-bond acceptors (Lipinski definition) is 5. The number of likely N-dealkylation sites (N-methyl/N-ethyl adjacent to an activating group) is 1. The summed E-state index contributed by atoms with van der Waals surface area (Å²) in [6.07, 6.45) is 1.76. The van der Waals surface area contributed by atoms with Gasteiger partial charge in [-0.2, -0.15) is 0 Å². The van der Waals surface area contributed by atoms with E-state index in [2.05, 4.69) is 24.3 Å². The molecule has 8 nitrogen and oxygen atoms in total. The van der Waals surface area contributed by atoms with Crippen molar-refractivity contribution in [1.82, 2.24) is 29.0 Å². The lowest BCUT2D eigenvalue weighted by atomic mass is 10.1. The molecule has 2 aromatic heterocycles. The summed E-state index contributed by atoms with van der Waals surface area (Å²) in [6, 6.07) is 7.47. The maximum absolute atomic E-state index is 13.1. The number of benzene rings is 1. The van der Waals surface area contributed by atoms with Crippen molar-refractivity contribution in [3.8, 4) is 0 Å². The minimum atomic E-state index is -0.0572. The Kier molecular flexibility index (Phi) is 7.04. The van der Waals surface area contributed by atoms with Crippen LogP contribution in [-0.4, -0.2) is 49.7 Å². The van der Waals surface area contributed by atoms with Gasteiger partial charge in [-0.3, -0.25) is 23.5 Å². The number of amides is 1. The van der Waals surface area contributed by atoms with Crippen LogP contribution in [0.2, 0.25) is 0 Å². The van der Waals surface area contributed by atoms with E-state index in [9.17, 15) is 9.59 Å². The van der Waals surface area contributed by atoms with Crippen molar-refractivity contribution in [3.63, 3.8) is 0 Å². The summed E-state index contributed by atoms with van der Waals surface area (Å²) in [4.78, 5) is 27.0. The first kappa shape index (κ1) is 22.2. The van der Waals surface area contributed by atoms with Crippen LogP contribution < -0.4 is 10.9 Å². The minimum Gasteiger partial charge on any atom is -0.355 e. The molecule has 0 spiro atoms. The third-order valence-corrected chi connectivity index (χ3v) is 5.37. The predicted octanol–water partition coefficient (Wildman–Crippen LogP) is 2.64. The first-order chi connectivity index (χ1) is 14.3. The Bertz CT molecular complexity index is 1160. The van der Waals surface area contributed by atoms with E-state index >= 15 is 0 Å². The molecule has 9 heteroatoms. The van der Waals surface area contributed by atoms with E-state index in [-0.39, 0.29) is 18.0 Å². The molecule has 0 atom stereocenters. The number of aromatic nitrogens is 4. The Hall–Kier alpha value is -2.52. The standard InChI is InChI=1S/C21H30N6O2S/c1-5-11-22-18(28)13-24(4)14-26-21(30)27-17-9-7-6-8-16(17)19(29)25(20(27)23-26)12-10-15(2)3/h6-9,15H,5,10-14H2,1-4H3,(H,22,28). The fourth-order valence-corrected chi connectivity index (χ4v) is 3.67. The molecule has 3 rings (SSSR count). The van der Waals surface area contributed by atoms with E-state index < -0.39 is 0 Å². The van der Waals surface area contributed by atoms with Crippen LogP contribution in [0.5, 0.6) is 0 Å². The van der Waals surface area contributed by atoms with Crippen molar-refractivity contribution < 1.29 is 4.79 Å². The number of para-hydroxylation sites is 1. The second-order valence-corrected chi connectivity index (χ2v) is 8.44. The van der Waals surface area contributed by atoms with E-state index in [0.29, 0.717) is 41.6 Å². The van der Waals surface area contributed by atoms with Crippen LogP contribution in [0.3, 0.4) is 0 Å². The third-order valence-electron chi connectivity index (χ3n) is 4.98. The third kappa shape index (κ3) is 4.62. The van der Waals surface area contributed by atoms with E-state index in [1.807, 2.05) is 47.5 Å². The summed E-state index contributed by atoms with van der Waals surface area (Å²) < 4.78 is 5.75. The molecule has 0 aliphatic rings. The average molecular weight is 431 g/mol. The van der Waals surface area contributed by atoms with E-state index in [0.717, 1.165) is 18.4 Å². The molecule has 0 radical (unpaired) electrons. The zero-order valence-corrected chi connectivity index (χ0v) is 18.9. The lowest BCUT2D eigenvalue weighted by molar-refractivity contribution is -0.122. The maximum atomic E-state index is 13.1. The molecule has 1 amide bonds. The van der Waals surface area contributed by atoms with Crippen molar-refractivity contribution in [3.05, 3.63) is 39.4 Å². The number of nitrogens with zero attached hydrogens (tertiary/aromatic N) is 5. The van der Waals surface area contributed by atoms with Gasteiger partial charge in [-0.25, -0.2) is 4.68 Å². The highest BCUT2D eigenvalue weighted by Gasteiger charge is 2.17. The molecule has 0 saturated heterocycles. The molecule has 0 saturated carbocycles. The Morgan fingerprint density at radius 3 is 2.73 bits per heavy atom. The fourth-order valence-electron chi connectivity index (χ4n) is 3.39. The van der Waals surface area contributed by atoms with Crippen LogP contribution >= 0.6 is 12.2 Å². The highest BCUT2D eigenvalue weighted by Crippen LogP contribution is 2.15. The fraction of sp³-hybridized carbons (Fsp3) is 0.524. The zero-order valence-electron chi connectivity index (χ0n) is 18.1. The molecule has 0 aliphatic carbocycles. The highest BCUT2D eigenvalue weighted by molar-refractivity contribution is 7.71. The van der Waals surface area contributed by atoms with Crippen molar-refractivity contribution in [2.45, 2.75) is 46.8 Å². The van der Waals surface area contributed by atoms with Crippen LogP contribution in [0.1, 0.15) is 33.6 Å².